The maximum Gasteiger partial charge on any atom is 0.408 e. The third-order valence-electron chi connectivity index (χ3n) is 9.09. The smallest absolute Gasteiger partial charge is 0.408 e. The van der Waals surface area contributed by atoms with Crippen LogP contribution < -0.4 is 5.32 Å². The topological polar surface area (TPSA) is 140 Å². The van der Waals surface area contributed by atoms with Crippen LogP contribution in [0.25, 0.3) is 11.1 Å². The fourth-order valence-electron chi connectivity index (χ4n) is 6.28. The molecule has 2 saturated heterocycles. The average molecular weight is 731 g/mol. The van der Waals surface area contributed by atoms with Gasteiger partial charge in [0, 0.05) is 30.1 Å². The zero-order valence-corrected chi connectivity index (χ0v) is 29.6. The third-order valence-corrected chi connectivity index (χ3v) is 10.1. The summed E-state index contributed by atoms with van der Waals surface area (Å²) in [7, 11) is 0. The van der Waals surface area contributed by atoms with E-state index in [9.17, 15) is 19.5 Å². The lowest BCUT2D eigenvalue weighted by Gasteiger charge is -2.36. The first-order valence-electron chi connectivity index (χ1n) is 17.3. The van der Waals surface area contributed by atoms with Crippen LogP contribution in [-0.2, 0) is 43.6 Å². The number of ether oxygens (including phenoxy) is 3. The van der Waals surface area contributed by atoms with Crippen molar-refractivity contribution >= 4 is 29.7 Å². The van der Waals surface area contributed by atoms with Gasteiger partial charge in [0.25, 0.3) is 5.91 Å². The molecule has 0 spiro atoms. The summed E-state index contributed by atoms with van der Waals surface area (Å²) in [6.45, 7) is 0.118. The van der Waals surface area contributed by atoms with Crippen molar-refractivity contribution in [2.45, 2.75) is 62.3 Å². The van der Waals surface area contributed by atoms with Crippen molar-refractivity contribution in [1.82, 2.24) is 20.2 Å². The van der Waals surface area contributed by atoms with Crippen molar-refractivity contribution in [3.8, 4) is 11.1 Å². The number of nitrogens with one attached hydrogen (secondary N) is 1. The van der Waals surface area contributed by atoms with Crippen molar-refractivity contribution in [2.24, 2.45) is 0 Å². The van der Waals surface area contributed by atoms with Gasteiger partial charge in [0.15, 0.2) is 11.4 Å². The molecule has 0 aliphatic carbocycles. The molecule has 12 heteroatoms. The van der Waals surface area contributed by atoms with Gasteiger partial charge in [0.2, 0.25) is 5.91 Å². The van der Waals surface area contributed by atoms with Crippen molar-refractivity contribution in [2.75, 3.05) is 5.75 Å². The van der Waals surface area contributed by atoms with Crippen molar-refractivity contribution in [3.63, 3.8) is 0 Å². The number of benzene rings is 4. The lowest BCUT2D eigenvalue weighted by Crippen LogP contribution is -2.41. The number of aromatic nitrogens is 2. The summed E-state index contributed by atoms with van der Waals surface area (Å²) in [6.07, 6.45) is 2.26. The van der Waals surface area contributed by atoms with Gasteiger partial charge in [-0.05, 0) is 45.5 Å². The van der Waals surface area contributed by atoms with Crippen LogP contribution in [0, 0.1) is 0 Å². The molecule has 1 unspecified atom stereocenters. The molecular weight excluding hydrogens is 693 g/mol. The molecule has 4 aromatic carbocycles. The average Bonchev–Trinajstić information content (AvgIpc) is 3.47. The highest BCUT2D eigenvalue weighted by molar-refractivity contribution is 7.99. The number of alkyl carbamates (subject to hydrolysis) is 1. The molecule has 7 rings (SSSR count). The number of carbonyl (C=O) groups excluding carboxylic acids is 3. The van der Waals surface area contributed by atoms with Crippen LogP contribution in [0.5, 0.6) is 0 Å². The Kier molecular flexibility index (Phi) is 11.5. The van der Waals surface area contributed by atoms with Gasteiger partial charge in [-0.2, -0.15) is 0 Å². The number of likely N-dealkylation sites (tertiary alicyclic amines) is 1. The second kappa shape index (κ2) is 17.0. The summed E-state index contributed by atoms with van der Waals surface area (Å²) in [5, 5.41) is 12.7. The van der Waals surface area contributed by atoms with Crippen LogP contribution in [0.2, 0.25) is 0 Å². The maximum absolute atomic E-state index is 13.1. The highest BCUT2D eigenvalue weighted by Crippen LogP contribution is 2.39. The van der Waals surface area contributed by atoms with E-state index in [1.165, 1.54) is 16.7 Å². The predicted molar refractivity (Wildman–Crippen MR) is 197 cm³/mol. The van der Waals surface area contributed by atoms with E-state index in [2.05, 4.69) is 15.3 Å². The van der Waals surface area contributed by atoms with Crippen LogP contribution in [0.3, 0.4) is 0 Å². The molecule has 0 radical (unpaired) electrons. The number of hydrogen-bond donors (Lipinski definition) is 2. The van der Waals surface area contributed by atoms with Gasteiger partial charge < -0.3 is 24.6 Å². The Morgan fingerprint density at radius 2 is 1.57 bits per heavy atom. The Labute approximate surface area is 311 Å². The van der Waals surface area contributed by atoms with Gasteiger partial charge >= 0.3 is 6.09 Å². The SMILES string of the molecule is O=C(NC1CC(=O)N(Cc2cccc(-c3ccc([C@@H]4O[C@H](CSc5ncccn5)C[C@H](c5ccc(CO)cc5)O4)cc3)c2)C1=O)OCc1ccccc1. The van der Waals surface area contributed by atoms with Crippen LogP contribution in [0.4, 0.5) is 4.79 Å². The lowest BCUT2D eigenvalue weighted by molar-refractivity contribution is -0.245. The van der Waals surface area contributed by atoms with Gasteiger partial charge in [-0.1, -0.05) is 109 Å². The number of thioether (sulfide) groups is 1. The summed E-state index contributed by atoms with van der Waals surface area (Å²) >= 11 is 1.54. The maximum atomic E-state index is 13.1. The largest absolute Gasteiger partial charge is 0.445 e. The molecule has 0 saturated carbocycles. The molecule has 3 amide bonds. The van der Waals surface area contributed by atoms with E-state index >= 15 is 0 Å². The summed E-state index contributed by atoms with van der Waals surface area (Å²) in [5.41, 5.74) is 6.15. The van der Waals surface area contributed by atoms with Crippen molar-refractivity contribution in [3.05, 3.63) is 149 Å². The molecule has 3 heterocycles. The molecular formula is C41H38N4O7S. The number of aliphatic hydroxyl groups is 1. The standard InChI is InChI=1S/C41H38N4O7S/c46-24-27-10-12-31(13-11-27)36-21-34(26-53-40-42-18-5-19-43-40)51-39(52-36)32-16-14-30(15-17-32)33-9-4-8-29(20-33)23-45-37(47)22-35(38(45)48)44-41(49)50-25-28-6-2-1-3-7-28/h1-20,34-36,39,46H,21-26H2,(H,44,49)/t34-,35?,36+,39+/m0/s1. The molecule has 1 aromatic heterocycles. The Balaban J connectivity index is 0.998. The van der Waals surface area contributed by atoms with Crippen LogP contribution >= 0.6 is 11.8 Å². The quantitative estimate of drug-likeness (QED) is 0.0828. The Morgan fingerprint density at radius 3 is 2.32 bits per heavy atom. The van der Waals surface area contributed by atoms with Gasteiger partial charge in [-0.25, -0.2) is 14.8 Å². The minimum absolute atomic E-state index is 0.0243. The second-order valence-corrected chi connectivity index (χ2v) is 13.8. The van der Waals surface area contributed by atoms with Gasteiger partial charge in [0.1, 0.15) is 12.6 Å². The van der Waals surface area contributed by atoms with Crippen molar-refractivity contribution in [1.29, 1.82) is 0 Å². The van der Waals surface area contributed by atoms with Gasteiger partial charge in [0.05, 0.1) is 31.8 Å². The predicted octanol–water partition coefficient (Wildman–Crippen LogP) is 6.53. The fourth-order valence-corrected chi connectivity index (χ4v) is 7.10. The number of carbonyl (C=O) groups is 3. The van der Waals surface area contributed by atoms with E-state index in [1.54, 1.807) is 18.5 Å². The molecule has 5 aromatic rings. The number of hydrogen-bond acceptors (Lipinski definition) is 10. The zero-order chi connectivity index (χ0) is 36.6. The summed E-state index contributed by atoms with van der Waals surface area (Å²) < 4.78 is 18.2. The molecule has 2 N–H and O–H groups in total. The molecule has 2 fully saturated rings. The van der Waals surface area contributed by atoms with Crippen LogP contribution in [0.1, 0.15) is 53.1 Å². The Morgan fingerprint density at radius 1 is 0.830 bits per heavy atom. The number of nitrogens with zero attached hydrogens (tertiary/aromatic N) is 3. The highest BCUT2D eigenvalue weighted by atomic mass is 32.2. The molecule has 270 valence electrons. The fraction of sp³-hybridized carbons (Fsp3) is 0.244. The highest BCUT2D eigenvalue weighted by Gasteiger charge is 2.40. The van der Waals surface area contributed by atoms with Gasteiger partial charge in [-0.15, -0.1) is 0 Å². The first kappa shape index (κ1) is 36.0. The van der Waals surface area contributed by atoms with E-state index in [4.69, 9.17) is 14.2 Å². The van der Waals surface area contributed by atoms with E-state index in [0.717, 1.165) is 38.9 Å². The minimum atomic E-state index is -0.977. The molecule has 53 heavy (non-hydrogen) atoms. The molecule has 2 aliphatic heterocycles. The van der Waals surface area contributed by atoms with Gasteiger partial charge in [-0.3, -0.25) is 14.5 Å². The van der Waals surface area contributed by atoms with Crippen LogP contribution in [0.15, 0.2) is 127 Å². The molecule has 0 bridgehead atoms. The molecule has 4 atom stereocenters. The normalized spacial score (nSPS) is 20.0. The van der Waals surface area contributed by atoms with E-state index in [-0.39, 0.29) is 44.3 Å². The van der Waals surface area contributed by atoms with Crippen molar-refractivity contribution < 1.29 is 33.7 Å². The summed E-state index contributed by atoms with van der Waals surface area (Å²) in [5.74, 6) is -0.178. The molecule has 11 nitrogen and oxygen atoms in total. The second-order valence-electron chi connectivity index (χ2n) is 12.8. The number of rotatable bonds is 12. The molecule has 2 aliphatic rings. The third kappa shape index (κ3) is 9.16. The monoisotopic (exact) mass is 730 g/mol. The minimum Gasteiger partial charge on any atom is -0.445 e. The zero-order valence-electron chi connectivity index (χ0n) is 28.7. The first-order chi connectivity index (χ1) is 25.9. The van der Waals surface area contributed by atoms with E-state index in [1.807, 2.05) is 103 Å². The lowest BCUT2D eigenvalue weighted by atomic mass is 9.99. The van der Waals surface area contributed by atoms with E-state index in [0.29, 0.717) is 17.3 Å². The first-order valence-corrected chi connectivity index (χ1v) is 18.3. The number of amides is 3. The Hall–Kier alpha value is -5.40. The Bertz CT molecular complexity index is 2020. The number of aliphatic hydroxyl groups excluding tert-OH is 1. The van der Waals surface area contributed by atoms with E-state index < -0.39 is 24.3 Å². The summed E-state index contributed by atoms with van der Waals surface area (Å²) in [6, 6.07) is 33.4. The van der Waals surface area contributed by atoms with Crippen LogP contribution in [-0.4, -0.2) is 55.8 Å². The number of imide groups is 1. The summed E-state index contributed by atoms with van der Waals surface area (Å²) in [4.78, 5) is 48.2.